The fourth-order valence-electron chi connectivity index (χ4n) is 2.69. The number of halogens is 1. The number of rotatable bonds is 6. The molecule has 3 rings (SSSR count). The Bertz CT molecular complexity index is 989. The number of ether oxygens (including phenoxy) is 1. The molecule has 0 fully saturated rings. The molecule has 0 atom stereocenters. The average Bonchev–Trinajstić information content (AvgIpc) is 2.72. The van der Waals surface area contributed by atoms with Crippen LogP contribution in [0.2, 0.25) is 0 Å². The Labute approximate surface area is 189 Å². The first kappa shape index (κ1) is 22.1. The second-order valence-electron chi connectivity index (χ2n) is 6.66. The molecule has 0 bridgehead atoms. The topological polar surface area (TPSA) is 66.3 Å². The fraction of sp³-hybridized carbons (Fsp3) is 0.227. The number of amides is 1. The van der Waals surface area contributed by atoms with E-state index in [1.807, 2.05) is 56.3 Å². The Balaban J connectivity index is 1.65. The van der Waals surface area contributed by atoms with E-state index in [2.05, 4.69) is 37.9 Å². The summed E-state index contributed by atoms with van der Waals surface area (Å²) in [7, 11) is 0. The zero-order valence-electron chi connectivity index (χ0n) is 16.9. The molecule has 2 aromatic rings. The summed E-state index contributed by atoms with van der Waals surface area (Å²) in [4.78, 5) is 16.9. The highest BCUT2D eigenvalue weighted by Crippen LogP contribution is 2.20. The van der Waals surface area contributed by atoms with E-state index in [0.717, 1.165) is 21.3 Å². The molecule has 0 aliphatic carbocycles. The molecule has 1 heterocycles. The zero-order valence-corrected chi connectivity index (χ0v) is 19.3. The Kier molecular flexibility index (Phi) is 7.70. The van der Waals surface area contributed by atoms with Crippen LogP contribution in [-0.4, -0.2) is 40.8 Å². The number of hydrogen-bond acceptors (Lipinski definition) is 6. The van der Waals surface area contributed by atoms with Gasteiger partial charge in [-0.25, -0.2) is 0 Å². The van der Waals surface area contributed by atoms with Gasteiger partial charge in [0.05, 0.1) is 12.3 Å². The molecule has 30 heavy (non-hydrogen) atoms. The van der Waals surface area contributed by atoms with Crippen molar-refractivity contribution in [3.8, 4) is 5.75 Å². The van der Waals surface area contributed by atoms with Gasteiger partial charge >= 0.3 is 0 Å². The largest absolute Gasteiger partial charge is 0.441 e. The molecule has 0 radical (unpaired) electrons. The maximum atomic E-state index is 12.4. The van der Waals surface area contributed by atoms with Crippen molar-refractivity contribution in [3.05, 3.63) is 70.7 Å². The lowest BCUT2D eigenvalue weighted by Crippen LogP contribution is -2.33. The third-order valence-corrected chi connectivity index (χ3v) is 5.73. The van der Waals surface area contributed by atoms with Crippen molar-refractivity contribution in [2.24, 2.45) is 10.1 Å². The molecule has 1 N–H and O–H groups in total. The van der Waals surface area contributed by atoms with Crippen LogP contribution in [0.1, 0.15) is 11.1 Å². The minimum absolute atomic E-state index is 0.108. The number of carbonyl (C=O) groups is 1. The number of nitrogens with one attached hydrogen (secondary N) is 1. The van der Waals surface area contributed by atoms with Crippen LogP contribution >= 0.6 is 27.7 Å². The lowest BCUT2D eigenvalue weighted by molar-refractivity contribution is -0.113. The maximum Gasteiger partial charge on any atom is 0.234 e. The van der Waals surface area contributed by atoms with E-state index in [9.17, 15) is 4.79 Å². The van der Waals surface area contributed by atoms with Crippen molar-refractivity contribution in [1.82, 2.24) is 5.01 Å². The van der Waals surface area contributed by atoms with Crippen LogP contribution in [-0.2, 0) is 4.79 Å². The Morgan fingerprint density at radius 1 is 1.30 bits per heavy atom. The zero-order chi connectivity index (χ0) is 21.5. The van der Waals surface area contributed by atoms with Gasteiger partial charge in [0.15, 0.2) is 0 Å². The molecule has 0 saturated carbocycles. The number of anilines is 1. The summed E-state index contributed by atoms with van der Waals surface area (Å²) >= 11 is 4.68. The number of aryl methyl sites for hydroxylation is 1. The van der Waals surface area contributed by atoms with E-state index in [4.69, 9.17) is 4.74 Å². The lowest BCUT2D eigenvalue weighted by Gasteiger charge is -2.23. The van der Waals surface area contributed by atoms with Crippen LogP contribution in [0, 0.1) is 13.8 Å². The maximum absolute atomic E-state index is 12.4. The van der Waals surface area contributed by atoms with Crippen LogP contribution in [0.3, 0.4) is 0 Å². The molecular weight excluding hydrogens is 464 g/mol. The molecule has 0 unspecified atom stereocenters. The van der Waals surface area contributed by atoms with Crippen LogP contribution in [0.4, 0.5) is 5.69 Å². The summed E-state index contributed by atoms with van der Waals surface area (Å²) in [5, 5.41) is 9.71. The van der Waals surface area contributed by atoms with Crippen molar-refractivity contribution in [1.29, 1.82) is 0 Å². The van der Waals surface area contributed by atoms with E-state index < -0.39 is 0 Å². The summed E-state index contributed by atoms with van der Waals surface area (Å²) in [6.45, 7) is 8.77. The van der Waals surface area contributed by atoms with Gasteiger partial charge in [-0.2, -0.15) is 4.99 Å². The van der Waals surface area contributed by atoms with Gasteiger partial charge < -0.3 is 10.1 Å². The van der Waals surface area contributed by atoms with Gasteiger partial charge in [-0.3, -0.25) is 9.80 Å². The standard InChI is InChI=1S/C22H23BrN4O2S/c1-4-12-27-13-21(29-18-10-8-17(23)9-11-18)25-22(26-27)30-14-20(28)24-19-7-5-6-15(2)16(19)3/h4-11H,1,12-14H2,2-3H3,(H,24,28). The SMILES string of the molecule is C=CCN1CC(Oc2ccc(Br)cc2)=NC(SCC(=O)Nc2cccc(C)c2C)=N1. The predicted molar refractivity (Wildman–Crippen MR) is 128 cm³/mol. The number of aliphatic imine (C=N–C) groups is 1. The van der Waals surface area contributed by atoms with Crippen molar-refractivity contribution < 1.29 is 9.53 Å². The van der Waals surface area contributed by atoms with Gasteiger partial charge in [-0.05, 0) is 55.3 Å². The first-order valence-electron chi connectivity index (χ1n) is 9.39. The Hall–Kier alpha value is -2.58. The first-order valence-corrected chi connectivity index (χ1v) is 11.2. The quantitative estimate of drug-likeness (QED) is 0.584. The second-order valence-corrected chi connectivity index (χ2v) is 8.52. The number of hydrazone groups is 1. The Morgan fingerprint density at radius 3 is 2.80 bits per heavy atom. The van der Waals surface area contributed by atoms with Gasteiger partial charge in [0.2, 0.25) is 17.0 Å². The van der Waals surface area contributed by atoms with Crippen LogP contribution < -0.4 is 10.1 Å². The molecule has 0 spiro atoms. The summed E-state index contributed by atoms with van der Waals surface area (Å²) in [5.74, 6) is 1.30. The number of nitrogens with zero attached hydrogens (tertiary/aromatic N) is 3. The summed E-state index contributed by atoms with van der Waals surface area (Å²) in [6.07, 6.45) is 1.77. The monoisotopic (exact) mass is 486 g/mol. The highest BCUT2D eigenvalue weighted by Gasteiger charge is 2.18. The van der Waals surface area contributed by atoms with Crippen LogP contribution in [0.25, 0.3) is 0 Å². The minimum Gasteiger partial charge on any atom is -0.441 e. The summed E-state index contributed by atoms with van der Waals surface area (Å²) in [6, 6.07) is 13.4. The number of carbonyl (C=O) groups excluding carboxylic acids is 1. The smallest absolute Gasteiger partial charge is 0.234 e. The highest BCUT2D eigenvalue weighted by molar-refractivity contribution is 9.10. The highest BCUT2D eigenvalue weighted by atomic mass is 79.9. The van der Waals surface area contributed by atoms with Gasteiger partial charge in [-0.15, -0.1) is 11.7 Å². The fourth-order valence-corrected chi connectivity index (χ4v) is 3.63. The van der Waals surface area contributed by atoms with Crippen molar-refractivity contribution >= 4 is 50.4 Å². The second kappa shape index (κ2) is 10.4. The molecule has 1 aliphatic heterocycles. The molecule has 8 heteroatoms. The molecule has 1 aliphatic rings. The van der Waals surface area contributed by atoms with Crippen molar-refractivity contribution in [2.45, 2.75) is 13.8 Å². The number of amidine groups is 1. The van der Waals surface area contributed by atoms with Crippen molar-refractivity contribution in [2.75, 3.05) is 24.2 Å². The van der Waals surface area contributed by atoms with E-state index in [0.29, 0.717) is 29.9 Å². The normalized spacial score (nSPS) is 13.4. The predicted octanol–water partition coefficient (Wildman–Crippen LogP) is 4.99. The van der Waals surface area contributed by atoms with Gasteiger partial charge in [0.1, 0.15) is 12.3 Å². The molecule has 2 aromatic carbocycles. The van der Waals surface area contributed by atoms with Gasteiger partial charge in [0, 0.05) is 10.2 Å². The first-order chi connectivity index (χ1) is 14.4. The number of benzene rings is 2. The van der Waals surface area contributed by atoms with E-state index in [-0.39, 0.29) is 11.7 Å². The summed E-state index contributed by atoms with van der Waals surface area (Å²) < 4.78 is 6.88. The third-order valence-electron chi connectivity index (χ3n) is 4.37. The molecule has 0 saturated heterocycles. The average molecular weight is 487 g/mol. The van der Waals surface area contributed by atoms with Gasteiger partial charge in [-0.1, -0.05) is 45.9 Å². The third kappa shape index (κ3) is 6.21. The molecule has 156 valence electrons. The van der Waals surface area contributed by atoms with Crippen molar-refractivity contribution in [3.63, 3.8) is 0 Å². The summed E-state index contributed by atoms with van der Waals surface area (Å²) in [5.41, 5.74) is 3.02. The molecule has 0 aromatic heterocycles. The number of hydrogen-bond donors (Lipinski definition) is 1. The molecule has 1 amide bonds. The van der Waals surface area contributed by atoms with E-state index >= 15 is 0 Å². The van der Waals surface area contributed by atoms with E-state index in [1.54, 1.807) is 11.1 Å². The number of thioether (sulfide) groups is 1. The minimum atomic E-state index is -0.108. The van der Waals surface area contributed by atoms with Crippen LogP contribution in [0.15, 0.2) is 69.7 Å². The molecular formula is C22H23BrN4O2S. The lowest BCUT2D eigenvalue weighted by atomic mass is 10.1. The van der Waals surface area contributed by atoms with Gasteiger partial charge in [0.25, 0.3) is 0 Å². The van der Waals surface area contributed by atoms with E-state index in [1.165, 1.54) is 11.8 Å². The Morgan fingerprint density at radius 2 is 2.07 bits per heavy atom. The van der Waals surface area contributed by atoms with Crippen LogP contribution in [0.5, 0.6) is 5.75 Å². The molecule has 6 nitrogen and oxygen atoms in total.